The summed E-state index contributed by atoms with van der Waals surface area (Å²) in [6, 6.07) is 13.1. The summed E-state index contributed by atoms with van der Waals surface area (Å²) in [5, 5.41) is 10.9. The normalized spacial score (nSPS) is 13.4. The van der Waals surface area contributed by atoms with Crippen molar-refractivity contribution in [2.45, 2.75) is 24.3 Å². The summed E-state index contributed by atoms with van der Waals surface area (Å²) in [7, 11) is 0. The fourth-order valence-corrected chi connectivity index (χ4v) is 3.26. The summed E-state index contributed by atoms with van der Waals surface area (Å²) in [6.07, 6.45) is 0. The number of rotatable bonds is 5. The van der Waals surface area contributed by atoms with Crippen molar-refractivity contribution in [3.05, 3.63) is 48.0 Å². The number of anilines is 1. The second-order valence-electron chi connectivity index (χ2n) is 6.06. The zero-order valence-corrected chi connectivity index (χ0v) is 15.6. The maximum Gasteiger partial charge on any atom is 0.277 e. The average Bonchev–Trinajstić information content (AvgIpc) is 3.30. The van der Waals surface area contributed by atoms with Crippen LogP contribution in [0.5, 0.6) is 11.5 Å². The van der Waals surface area contributed by atoms with Crippen LogP contribution in [0.2, 0.25) is 0 Å². The molecule has 0 fully saturated rings. The number of hydrogen-bond donors (Lipinski definition) is 1. The molecule has 0 saturated heterocycles. The molecule has 7 nitrogen and oxygen atoms in total. The van der Waals surface area contributed by atoms with Crippen molar-refractivity contribution < 1.29 is 18.7 Å². The van der Waals surface area contributed by atoms with Crippen LogP contribution in [-0.4, -0.2) is 28.1 Å². The molecule has 1 N–H and O–H groups in total. The number of thioether (sulfide) groups is 1. The van der Waals surface area contributed by atoms with Crippen molar-refractivity contribution in [2.75, 3.05) is 12.1 Å². The van der Waals surface area contributed by atoms with Crippen LogP contribution in [0.3, 0.4) is 0 Å². The Morgan fingerprint density at radius 2 is 2.00 bits per heavy atom. The molecule has 3 aromatic rings. The predicted molar refractivity (Wildman–Crippen MR) is 101 cm³/mol. The molecular formula is C19H17N3O4S. The van der Waals surface area contributed by atoms with Crippen LogP contribution >= 0.6 is 11.8 Å². The van der Waals surface area contributed by atoms with Crippen molar-refractivity contribution in [2.24, 2.45) is 0 Å². The van der Waals surface area contributed by atoms with Gasteiger partial charge in [0.05, 0.1) is 5.25 Å². The largest absolute Gasteiger partial charge is 0.454 e. The topological polar surface area (TPSA) is 86.5 Å². The lowest BCUT2D eigenvalue weighted by molar-refractivity contribution is -0.115. The minimum absolute atomic E-state index is 0.172. The number of aryl methyl sites for hydroxylation is 1. The number of benzene rings is 2. The first-order valence-electron chi connectivity index (χ1n) is 8.36. The molecule has 0 unspecified atom stereocenters. The van der Waals surface area contributed by atoms with Crippen LogP contribution < -0.4 is 14.8 Å². The zero-order valence-electron chi connectivity index (χ0n) is 14.8. The lowest BCUT2D eigenvalue weighted by Gasteiger charge is -2.10. The van der Waals surface area contributed by atoms with E-state index in [1.54, 1.807) is 25.1 Å². The first-order chi connectivity index (χ1) is 13.1. The third-order valence-electron chi connectivity index (χ3n) is 3.96. The van der Waals surface area contributed by atoms with Crippen molar-refractivity contribution in [3.63, 3.8) is 0 Å². The van der Waals surface area contributed by atoms with Gasteiger partial charge in [-0.15, -0.1) is 10.2 Å². The maximum absolute atomic E-state index is 12.4. The molecule has 8 heteroatoms. The summed E-state index contributed by atoms with van der Waals surface area (Å²) in [5.74, 6) is 1.55. The number of ether oxygens (including phenoxy) is 2. The van der Waals surface area contributed by atoms with Crippen LogP contribution in [0.15, 0.2) is 52.1 Å². The number of nitrogens with zero attached hydrogens (tertiary/aromatic N) is 2. The molecule has 1 amide bonds. The molecule has 0 spiro atoms. The number of hydrogen-bond acceptors (Lipinski definition) is 7. The van der Waals surface area contributed by atoms with Gasteiger partial charge in [-0.05, 0) is 38.1 Å². The molecule has 1 aliphatic heterocycles. The quantitative estimate of drug-likeness (QED) is 0.669. The first-order valence-corrected chi connectivity index (χ1v) is 9.24. The van der Waals surface area contributed by atoms with Crippen LogP contribution in [0, 0.1) is 6.92 Å². The molecule has 1 aliphatic rings. The minimum atomic E-state index is -0.416. The van der Waals surface area contributed by atoms with Gasteiger partial charge in [0.15, 0.2) is 11.5 Å². The van der Waals surface area contributed by atoms with E-state index >= 15 is 0 Å². The van der Waals surface area contributed by atoms with E-state index in [9.17, 15) is 4.79 Å². The summed E-state index contributed by atoms with van der Waals surface area (Å²) in [5.41, 5.74) is 2.60. The van der Waals surface area contributed by atoms with Crippen molar-refractivity contribution in [3.8, 4) is 23.0 Å². The molecule has 2 aromatic carbocycles. The average molecular weight is 383 g/mol. The highest BCUT2D eigenvalue weighted by Crippen LogP contribution is 2.34. The standard InChI is InChI=1S/C19H17N3O4S/c1-11-4-3-5-13(8-11)18-21-22-19(26-18)27-12(2)17(23)20-14-6-7-15-16(9-14)25-10-24-15/h3-9,12H,10H2,1-2H3,(H,20,23)/t12-/m0/s1. The van der Waals surface area contributed by atoms with Gasteiger partial charge in [-0.2, -0.15) is 0 Å². The minimum Gasteiger partial charge on any atom is -0.454 e. The molecular weight excluding hydrogens is 366 g/mol. The third kappa shape index (κ3) is 3.90. The molecule has 138 valence electrons. The lowest BCUT2D eigenvalue weighted by atomic mass is 10.1. The molecule has 0 radical (unpaired) electrons. The number of carbonyl (C=O) groups is 1. The maximum atomic E-state index is 12.4. The Morgan fingerprint density at radius 1 is 1.15 bits per heavy atom. The van der Waals surface area contributed by atoms with Gasteiger partial charge in [-0.1, -0.05) is 29.5 Å². The Hall–Kier alpha value is -3.00. The Morgan fingerprint density at radius 3 is 2.85 bits per heavy atom. The summed E-state index contributed by atoms with van der Waals surface area (Å²) < 4.78 is 16.3. The van der Waals surface area contributed by atoms with E-state index in [4.69, 9.17) is 13.9 Å². The van der Waals surface area contributed by atoms with Gasteiger partial charge in [-0.25, -0.2) is 0 Å². The number of amides is 1. The van der Waals surface area contributed by atoms with Crippen LogP contribution in [-0.2, 0) is 4.79 Å². The SMILES string of the molecule is Cc1cccc(-c2nnc(S[C@@H](C)C(=O)Nc3ccc4c(c3)OCO4)o2)c1. The Balaban J connectivity index is 1.40. The van der Waals surface area contributed by atoms with Crippen LogP contribution in [0.4, 0.5) is 5.69 Å². The Kier molecular flexibility index (Phi) is 4.72. The molecule has 27 heavy (non-hydrogen) atoms. The van der Waals surface area contributed by atoms with E-state index in [1.807, 2.05) is 31.2 Å². The monoisotopic (exact) mass is 383 g/mol. The summed E-state index contributed by atoms with van der Waals surface area (Å²) >= 11 is 1.21. The lowest BCUT2D eigenvalue weighted by Crippen LogP contribution is -2.22. The Bertz CT molecular complexity index is 989. The molecule has 2 heterocycles. The molecule has 1 aromatic heterocycles. The van der Waals surface area contributed by atoms with E-state index < -0.39 is 5.25 Å². The molecule has 0 aliphatic carbocycles. The van der Waals surface area contributed by atoms with E-state index in [-0.39, 0.29) is 12.7 Å². The predicted octanol–water partition coefficient (Wildman–Crippen LogP) is 3.89. The van der Waals surface area contributed by atoms with E-state index in [0.717, 1.165) is 11.1 Å². The van der Waals surface area contributed by atoms with Gasteiger partial charge < -0.3 is 19.2 Å². The highest BCUT2D eigenvalue weighted by Gasteiger charge is 2.20. The summed E-state index contributed by atoms with van der Waals surface area (Å²) in [4.78, 5) is 12.4. The van der Waals surface area contributed by atoms with Crippen LogP contribution in [0.25, 0.3) is 11.5 Å². The number of aromatic nitrogens is 2. The fraction of sp³-hybridized carbons (Fsp3) is 0.211. The van der Waals surface area contributed by atoms with Crippen LogP contribution in [0.1, 0.15) is 12.5 Å². The van der Waals surface area contributed by atoms with Crippen molar-refractivity contribution in [1.29, 1.82) is 0 Å². The van der Waals surface area contributed by atoms with Crippen molar-refractivity contribution in [1.82, 2.24) is 10.2 Å². The van der Waals surface area contributed by atoms with Gasteiger partial charge in [-0.3, -0.25) is 4.79 Å². The number of nitrogens with one attached hydrogen (secondary N) is 1. The third-order valence-corrected chi connectivity index (χ3v) is 4.89. The number of fused-ring (bicyclic) bond motifs is 1. The second kappa shape index (κ2) is 7.32. The van der Waals surface area contributed by atoms with Gasteiger partial charge in [0.1, 0.15) is 0 Å². The molecule has 0 bridgehead atoms. The van der Waals surface area contributed by atoms with E-state index in [1.165, 1.54) is 11.8 Å². The van der Waals surface area contributed by atoms with Gasteiger partial charge in [0.2, 0.25) is 18.6 Å². The van der Waals surface area contributed by atoms with Crippen molar-refractivity contribution >= 4 is 23.4 Å². The Labute approximate surface area is 160 Å². The van der Waals surface area contributed by atoms with Gasteiger partial charge in [0.25, 0.3) is 5.22 Å². The fourth-order valence-electron chi connectivity index (χ4n) is 2.58. The highest BCUT2D eigenvalue weighted by atomic mass is 32.2. The first kappa shape index (κ1) is 17.4. The van der Waals surface area contributed by atoms with E-state index in [0.29, 0.717) is 28.3 Å². The van der Waals surface area contributed by atoms with E-state index in [2.05, 4.69) is 15.5 Å². The number of carbonyl (C=O) groups excluding carboxylic acids is 1. The zero-order chi connectivity index (χ0) is 18.8. The smallest absolute Gasteiger partial charge is 0.277 e. The van der Waals surface area contributed by atoms with Gasteiger partial charge in [0, 0.05) is 17.3 Å². The molecule has 1 atom stereocenters. The van der Waals surface area contributed by atoms with Gasteiger partial charge >= 0.3 is 0 Å². The second-order valence-corrected chi connectivity index (χ2v) is 7.35. The molecule has 0 saturated carbocycles. The summed E-state index contributed by atoms with van der Waals surface area (Å²) in [6.45, 7) is 3.97. The highest BCUT2D eigenvalue weighted by molar-refractivity contribution is 8.00. The molecule has 4 rings (SSSR count).